The van der Waals surface area contributed by atoms with Crippen LogP contribution in [0.1, 0.15) is 79.6 Å². The predicted molar refractivity (Wildman–Crippen MR) is 120 cm³/mol. The number of nitrogens with one attached hydrogen (secondary N) is 2. The largest absolute Gasteiger partial charge is 0.447 e. The van der Waals surface area contributed by atoms with Gasteiger partial charge in [0.15, 0.2) is 0 Å². The lowest BCUT2D eigenvalue weighted by atomic mass is 9.86. The maximum absolute atomic E-state index is 13.4. The van der Waals surface area contributed by atoms with Crippen molar-refractivity contribution in [1.82, 2.24) is 15.5 Å². The number of hydrogen-bond donors (Lipinski definition) is 3. The molecule has 0 aromatic carbocycles. The van der Waals surface area contributed by atoms with Gasteiger partial charge in [0, 0.05) is 19.1 Å². The molecule has 2 rings (SSSR count). The minimum atomic E-state index is -0.723. The van der Waals surface area contributed by atoms with Crippen LogP contribution in [0.3, 0.4) is 0 Å². The van der Waals surface area contributed by atoms with Crippen molar-refractivity contribution in [2.75, 3.05) is 13.1 Å². The Kier molecular flexibility index (Phi) is 9.15. The van der Waals surface area contributed by atoms with Crippen LogP contribution in [0.4, 0.5) is 4.79 Å². The van der Waals surface area contributed by atoms with Gasteiger partial charge in [0.2, 0.25) is 11.8 Å². The molecule has 0 aromatic rings. The zero-order valence-corrected chi connectivity index (χ0v) is 19.9. The number of carbonyl (C=O) groups is 3. The maximum Gasteiger partial charge on any atom is 0.408 e. The first-order chi connectivity index (χ1) is 14.5. The van der Waals surface area contributed by atoms with Crippen LogP contribution in [-0.4, -0.2) is 60.1 Å². The number of carbonyl (C=O) groups excluding carboxylic acids is 3. The average molecular weight is 439 g/mol. The highest BCUT2D eigenvalue weighted by atomic mass is 16.6. The maximum atomic E-state index is 13.4. The first-order valence-corrected chi connectivity index (χ1v) is 11.8. The van der Waals surface area contributed by atoms with Crippen LogP contribution in [-0.2, 0) is 14.3 Å². The Balaban J connectivity index is 1.99. The van der Waals surface area contributed by atoms with Crippen molar-refractivity contribution in [3.05, 3.63) is 0 Å². The average Bonchev–Trinajstić information content (AvgIpc) is 3.14. The van der Waals surface area contributed by atoms with E-state index in [1.54, 1.807) is 18.7 Å². The van der Waals surface area contributed by atoms with E-state index in [0.29, 0.717) is 31.8 Å². The van der Waals surface area contributed by atoms with Crippen molar-refractivity contribution in [1.29, 1.82) is 0 Å². The predicted octanol–water partition coefficient (Wildman–Crippen LogP) is 2.55. The molecule has 1 aliphatic heterocycles. The summed E-state index contributed by atoms with van der Waals surface area (Å²) in [7, 11) is 0. The van der Waals surface area contributed by atoms with Crippen LogP contribution in [0.15, 0.2) is 0 Å². The number of rotatable bonds is 7. The summed E-state index contributed by atoms with van der Waals surface area (Å²) in [6, 6.07) is -0.923. The van der Waals surface area contributed by atoms with E-state index in [0.717, 1.165) is 32.1 Å². The first kappa shape index (κ1) is 25.4. The third-order valence-corrected chi connectivity index (χ3v) is 6.04. The summed E-state index contributed by atoms with van der Waals surface area (Å²) in [5.74, 6) is 0.146. The number of alkyl carbamates (subject to hydrolysis) is 1. The highest BCUT2D eigenvalue weighted by Crippen LogP contribution is 2.26. The smallest absolute Gasteiger partial charge is 0.408 e. The quantitative estimate of drug-likeness (QED) is 0.565. The second-order valence-corrected chi connectivity index (χ2v) is 10.6. The number of likely N-dealkylation sites (tertiary alicyclic amines) is 1. The Morgan fingerprint density at radius 3 is 2.32 bits per heavy atom. The van der Waals surface area contributed by atoms with Gasteiger partial charge in [-0.25, -0.2) is 4.79 Å². The Morgan fingerprint density at radius 1 is 1.10 bits per heavy atom. The van der Waals surface area contributed by atoms with Gasteiger partial charge in [-0.2, -0.15) is 0 Å². The standard InChI is InChI=1S/C23H42N4O4/c1-15(2)31-22(30)26-18(13-23(3,4)5)21(29)27-12-6-7-19(27)20(28)25-14-16-8-10-17(24)11-9-16/h15-19H,6-14,24H2,1-5H3,(H,25,28)(H,26,30)/t16-,17-,18-,19+/m1/s1. The third-order valence-electron chi connectivity index (χ3n) is 6.04. The fourth-order valence-corrected chi connectivity index (χ4v) is 4.46. The Bertz CT molecular complexity index is 624. The second kappa shape index (κ2) is 11.2. The molecule has 0 unspecified atom stereocenters. The number of amides is 3. The van der Waals surface area contributed by atoms with Gasteiger partial charge < -0.3 is 26.0 Å². The summed E-state index contributed by atoms with van der Waals surface area (Å²) in [5.41, 5.74) is 5.79. The molecule has 0 radical (unpaired) electrons. The molecule has 8 heteroatoms. The molecule has 4 N–H and O–H groups in total. The van der Waals surface area contributed by atoms with E-state index in [-0.39, 0.29) is 29.4 Å². The summed E-state index contributed by atoms with van der Waals surface area (Å²) >= 11 is 0. The van der Waals surface area contributed by atoms with E-state index in [1.165, 1.54) is 0 Å². The Hall–Kier alpha value is -1.83. The molecule has 1 saturated carbocycles. The molecule has 0 bridgehead atoms. The van der Waals surface area contributed by atoms with E-state index in [4.69, 9.17) is 10.5 Å². The van der Waals surface area contributed by atoms with Crippen molar-refractivity contribution in [2.45, 2.75) is 104 Å². The van der Waals surface area contributed by atoms with Crippen molar-refractivity contribution < 1.29 is 19.1 Å². The molecule has 178 valence electrons. The molecule has 3 amide bonds. The van der Waals surface area contributed by atoms with Gasteiger partial charge in [-0.1, -0.05) is 20.8 Å². The third kappa shape index (κ3) is 8.31. The SMILES string of the molecule is CC(C)OC(=O)N[C@H](CC(C)(C)C)C(=O)N1CCC[C@H]1C(=O)NC[C@H]1CC[C@H](N)CC1. The molecule has 2 fully saturated rings. The van der Waals surface area contributed by atoms with E-state index in [2.05, 4.69) is 10.6 Å². The van der Waals surface area contributed by atoms with Crippen molar-refractivity contribution in [3.63, 3.8) is 0 Å². The normalized spacial score (nSPS) is 25.3. The molecule has 1 aliphatic carbocycles. The van der Waals surface area contributed by atoms with E-state index in [1.807, 2.05) is 20.8 Å². The molecule has 0 spiro atoms. The lowest BCUT2D eigenvalue weighted by Crippen LogP contribution is -2.54. The van der Waals surface area contributed by atoms with Gasteiger partial charge in [-0.15, -0.1) is 0 Å². The summed E-state index contributed by atoms with van der Waals surface area (Å²) in [6.45, 7) is 10.8. The molecule has 1 saturated heterocycles. The molecule has 31 heavy (non-hydrogen) atoms. The van der Waals surface area contributed by atoms with Gasteiger partial charge in [0.25, 0.3) is 0 Å². The molecule has 8 nitrogen and oxygen atoms in total. The monoisotopic (exact) mass is 438 g/mol. The van der Waals surface area contributed by atoms with Crippen LogP contribution < -0.4 is 16.4 Å². The topological polar surface area (TPSA) is 114 Å². The van der Waals surface area contributed by atoms with Crippen LogP contribution in [0.5, 0.6) is 0 Å². The number of ether oxygens (including phenoxy) is 1. The van der Waals surface area contributed by atoms with Crippen molar-refractivity contribution in [2.24, 2.45) is 17.1 Å². The fraction of sp³-hybridized carbons (Fsp3) is 0.870. The number of nitrogens with zero attached hydrogens (tertiary/aromatic N) is 1. The van der Waals surface area contributed by atoms with Crippen molar-refractivity contribution >= 4 is 17.9 Å². The van der Waals surface area contributed by atoms with E-state index in [9.17, 15) is 14.4 Å². The van der Waals surface area contributed by atoms with Crippen LogP contribution in [0.25, 0.3) is 0 Å². The second-order valence-electron chi connectivity index (χ2n) is 10.6. The van der Waals surface area contributed by atoms with E-state index < -0.39 is 18.2 Å². The van der Waals surface area contributed by atoms with Gasteiger partial charge in [0.05, 0.1) is 6.10 Å². The van der Waals surface area contributed by atoms with Gasteiger partial charge >= 0.3 is 6.09 Å². The lowest BCUT2D eigenvalue weighted by molar-refractivity contribution is -0.140. The minimum Gasteiger partial charge on any atom is -0.447 e. The lowest BCUT2D eigenvalue weighted by Gasteiger charge is -2.32. The zero-order chi connectivity index (χ0) is 23.2. The van der Waals surface area contributed by atoms with Gasteiger partial charge in [-0.05, 0) is 70.1 Å². The molecular formula is C23H42N4O4. The highest BCUT2D eigenvalue weighted by Gasteiger charge is 2.39. The minimum absolute atomic E-state index is 0.0972. The first-order valence-electron chi connectivity index (χ1n) is 11.8. The number of nitrogens with two attached hydrogens (primary N) is 1. The van der Waals surface area contributed by atoms with Crippen LogP contribution in [0, 0.1) is 11.3 Å². The van der Waals surface area contributed by atoms with Crippen LogP contribution in [0.2, 0.25) is 0 Å². The molecule has 0 aromatic heterocycles. The van der Waals surface area contributed by atoms with Gasteiger partial charge in [0.1, 0.15) is 12.1 Å². The summed E-state index contributed by atoms with van der Waals surface area (Å²) in [4.78, 5) is 40.1. The van der Waals surface area contributed by atoms with E-state index >= 15 is 0 Å². The number of hydrogen-bond acceptors (Lipinski definition) is 5. The summed E-state index contributed by atoms with van der Waals surface area (Å²) < 4.78 is 5.19. The molecular weight excluding hydrogens is 396 g/mol. The molecule has 2 aliphatic rings. The molecule has 1 heterocycles. The van der Waals surface area contributed by atoms with Crippen LogP contribution >= 0.6 is 0 Å². The fourth-order valence-electron chi connectivity index (χ4n) is 4.46. The zero-order valence-electron chi connectivity index (χ0n) is 19.9. The highest BCUT2D eigenvalue weighted by molar-refractivity contribution is 5.91. The molecule has 2 atom stereocenters. The van der Waals surface area contributed by atoms with Crippen molar-refractivity contribution in [3.8, 4) is 0 Å². The summed E-state index contributed by atoms with van der Waals surface area (Å²) in [5, 5.41) is 5.80. The Labute approximate surface area is 187 Å². The summed E-state index contributed by atoms with van der Waals surface area (Å²) in [6.07, 6.45) is 5.08. The Morgan fingerprint density at radius 2 is 1.74 bits per heavy atom. The van der Waals surface area contributed by atoms with Gasteiger partial charge in [-0.3, -0.25) is 9.59 Å².